The average molecular weight is 238 g/mol. The lowest BCUT2D eigenvalue weighted by molar-refractivity contribution is 0.164. The van der Waals surface area contributed by atoms with Crippen molar-refractivity contribution < 1.29 is 4.74 Å². The molecular formula is C12H18N2OS. The van der Waals surface area contributed by atoms with Gasteiger partial charge in [0, 0.05) is 24.9 Å². The van der Waals surface area contributed by atoms with E-state index < -0.39 is 0 Å². The van der Waals surface area contributed by atoms with Crippen LogP contribution in [0.3, 0.4) is 0 Å². The van der Waals surface area contributed by atoms with Crippen LogP contribution in [-0.2, 0) is 4.74 Å². The second-order valence-electron chi connectivity index (χ2n) is 3.85. The van der Waals surface area contributed by atoms with Gasteiger partial charge in [-0.1, -0.05) is 31.3 Å². The highest BCUT2D eigenvalue weighted by molar-refractivity contribution is 7.80. The zero-order chi connectivity index (χ0) is 12.0. The Morgan fingerprint density at radius 2 is 2.19 bits per heavy atom. The lowest BCUT2D eigenvalue weighted by Gasteiger charge is -2.14. The highest BCUT2D eigenvalue weighted by Gasteiger charge is 2.05. The van der Waals surface area contributed by atoms with Crippen molar-refractivity contribution in [2.24, 2.45) is 11.7 Å². The molecular weight excluding hydrogens is 220 g/mol. The molecule has 1 unspecified atom stereocenters. The monoisotopic (exact) mass is 238 g/mol. The van der Waals surface area contributed by atoms with E-state index in [4.69, 9.17) is 22.7 Å². The molecule has 1 atom stereocenters. The second kappa shape index (κ2) is 6.45. The van der Waals surface area contributed by atoms with Gasteiger partial charge in [0.25, 0.3) is 0 Å². The van der Waals surface area contributed by atoms with E-state index in [0.717, 1.165) is 24.4 Å². The minimum Gasteiger partial charge on any atom is -0.389 e. The Kier molecular flexibility index (Phi) is 5.22. The van der Waals surface area contributed by atoms with E-state index in [1.54, 1.807) is 7.11 Å². The first-order chi connectivity index (χ1) is 7.65. The van der Waals surface area contributed by atoms with Crippen LogP contribution in [0.5, 0.6) is 0 Å². The Morgan fingerprint density at radius 1 is 1.50 bits per heavy atom. The first-order valence-electron chi connectivity index (χ1n) is 5.26. The van der Waals surface area contributed by atoms with E-state index in [0.29, 0.717) is 10.9 Å². The Labute approximate surface area is 102 Å². The van der Waals surface area contributed by atoms with Crippen molar-refractivity contribution in [3.05, 3.63) is 29.8 Å². The summed E-state index contributed by atoms with van der Waals surface area (Å²) in [5.41, 5.74) is 7.52. The van der Waals surface area contributed by atoms with Crippen LogP contribution in [-0.4, -0.2) is 25.2 Å². The summed E-state index contributed by atoms with van der Waals surface area (Å²) in [5, 5.41) is 3.33. The Bertz CT molecular complexity index is 355. The number of thiocarbonyl (C=S) groups is 1. The van der Waals surface area contributed by atoms with Gasteiger partial charge in [-0.2, -0.15) is 0 Å². The average Bonchev–Trinajstić information content (AvgIpc) is 2.27. The van der Waals surface area contributed by atoms with Gasteiger partial charge in [-0.3, -0.25) is 0 Å². The van der Waals surface area contributed by atoms with Crippen LogP contribution in [0.2, 0.25) is 0 Å². The van der Waals surface area contributed by atoms with Crippen LogP contribution in [0.25, 0.3) is 0 Å². The lowest BCUT2D eigenvalue weighted by atomic mass is 10.1. The van der Waals surface area contributed by atoms with Crippen molar-refractivity contribution in [3.8, 4) is 0 Å². The number of rotatable bonds is 6. The van der Waals surface area contributed by atoms with Crippen LogP contribution in [0.15, 0.2) is 24.3 Å². The molecule has 0 saturated heterocycles. The van der Waals surface area contributed by atoms with E-state index in [1.807, 2.05) is 24.3 Å². The topological polar surface area (TPSA) is 47.3 Å². The van der Waals surface area contributed by atoms with E-state index in [2.05, 4.69) is 12.2 Å². The largest absolute Gasteiger partial charge is 0.389 e. The standard InChI is InChI=1S/C12H18N2OS/c1-9(8-15-2)7-14-11-6-4-3-5-10(11)12(13)16/h3-6,9,14H,7-8H2,1-2H3,(H2,13,16). The fraction of sp³-hybridized carbons (Fsp3) is 0.417. The number of ether oxygens (including phenoxy) is 1. The molecule has 1 aromatic rings. The van der Waals surface area contributed by atoms with E-state index in [9.17, 15) is 0 Å². The molecule has 1 aromatic carbocycles. The summed E-state index contributed by atoms with van der Waals surface area (Å²) in [6.45, 7) is 3.70. The number of methoxy groups -OCH3 is 1. The normalized spacial score (nSPS) is 12.1. The van der Waals surface area contributed by atoms with Gasteiger partial charge in [-0.05, 0) is 18.1 Å². The first kappa shape index (κ1) is 12.9. The number of hydrogen-bond donors (Lipinski definition) is 2. The summed E-state index contributed by atoms with van der Waals surface area (Å²) in [6.07, 6.45) is 0. The van der Waals surface area contributed by atoms with Crippen molar-refractivity contribution in [2.75, 3.05) is 25.6 Å². The number of nitrogens with two attached hydrogens (primary N) is 1. The number of hydrogen-bond acceptors (Lipinski definition) is 3. The van der Waals surface area contributed by atoms with Gasteiger partial charge in [0.1, 0.15) is 4.99 Å². The van der Waals surface area contributed by atoms with Crippen molar-refractivity contribution in [1.29, 1.82) is 0 Å². The van der Waals surface area contributed by atoms with Gasteiger partial charge in [-0.15, -0.1) is 0 Å². The second-order valence-corrected chi connectivity index (χ2v) is 4.29. The van der Waals surface area contributed by atoms with E-state index >= 15 is 0 Å². The summed E-state index contributed by atoms with van der Waals surface area (Å²) in [5.74, 6) is 0.449. The fourth-order valence-electron chi connectivity index (χ4n) is 1.48. The Balaban J connectivity index is 2.63. The molecule has 0 aliphatic rings. The van der Waals surface area contributed by atoms with Gasteiger partial charge >= 0.3 is 0 Å². The highest BCUT2D eigenvalue weighted by atomic mass is 32.1. The predicted octanol–water partition coefficient (Wildman–Crippen LogP) is 2.02. The van der Waals surface area contributed by atoms with E-state index in [1.165, 1.54) is 0 Å². The number of benzene rings is 1. The maximum Gasteiger partial charge on any atom is 0.106 e. The minimum absolute atomic E-state index is 0.419. The zero-order valence-electron chi connectivity index (χ0n) is 9.69. The summed E-state index contributed by atoms with van der Waals surface area (Å²) < 4.78 is 5.08. The molecule has 0 amide bonds. The molecule has 16 heavy (non-hydrogen) atoms. The molecule has 0 spiro atoms. The smallest absolute Gasteiger partial charge is 0.106 e. The molecule has 0 aromatic heterocycles. The molecule has 0 aliphatic heterocycles. The van der Waals surface area contributed by atoms with Crippen molar-refractivity contribution >= 4 is 22.9 Å². The molecule has 0 fully saturated rings. The van der Waals surface area contributed by atoms with Crippen LogP contribution >= 0.6 is 12.2 Å². The van der Waals surface area contributed by atoms with Crippen LogP contribution in [0, 0.1) is 5.92 Å². The van der Waals surface area contributed by atoms with Crippen molar-refractivity contribution in [2.45, 2.75) is 6.92 Å². The molecule has 0 aliphatic carbocycles. The summed E-state index contributed by atoms with van der Waals surface area (Å²) in [4.78, 5) is 0.419. The molecule has 0 saturated carbocycles. The maximum absolute atomic E-state index is 5.65. The Morgan fingerprint density at radius 3 is 2.81 bits per heavy atom. The lowest BCUT2D eigenvalue weighted by Crippen LogP contribution is -2.18. The third-order valence-electron chi connectivity index (χ3n) is 2.28. The number of anilines is 1. The quantitative estimate of drug-likeness (QED) is 0.744. The summed E-state index contributed by atoms with van der Waals surface area (Å²) in [6, 6.07) is 7.79. The molecule has 1 rings (SSSR count). The van der Waals surface area contributed by atoms with Gasteiger partial charge in [-0.25, -0.2) is 0 Å². The molecule has 0 radical (unpaired) electrons. The fourth-order valence-corrected chi connectivity index (χ4v) is 1.66. The SMILES string of the molecule is COCC(C)CNc1ccccc1C(N)=S. The molecule has 88 valence electrons. The van der Waals surface area contributed by atoms with Gasteiger partial charge in [0.2, 0.25) is 0 Å². The highest BCUT2D eigenvalue weighted by Crippen LogP contribution is 2.15. The van der Waals surface area contributed by atoms with Crippen molar-refractivity contribution in [1.82, 2.24) is 0 Å². The third kappa shape index (κ3) is 3.79. The molecule has 3 N–H and O–H groups in total. The summed E-state index contributed by atoms with van der Waals surface area (Å²) in [7, 11) is 1.71. The molecule has 3 nitrogen and oxygen atoms in total. The zero-order valence-corrected chi connectivity index (χ0v) is 10.5. The molecule has 0 bridgehead atoms. The van der Waals surface area contributed by atoms with Crippen molar-refractivity contribution in [3.63, 3.8) is 0 Å². The number of para-hydroxylation sites is 1. The van der Waals surface area contributed by atoms with Gasteiger partial charge in [0.15, 0.2) is 0 Å². The third-order valence-corrected chi connectivity index (χ3v) is 2.50. The van der Waals surface area contributed by atoms with Crippen LogP contribution < -0.4 is 11.1 Å². The van der Waals surface area contributed by atoms with Crippen LogP contribution in [0.4, 0.5) is 5.69 Å². The van der Waals surface area contributed by atoms with E-state index in [-0.39, 0.29) is 0 Å². The minimum atomic E-state index is 0.419. The summed E-state index contributed by atoms with van der Waals surface area (Å²) >= 11 is 4.99. The van der Waals surface area contributed by atoms with Crippen LogP contribution in [0.1, 0.15) is 12.5 Å². The first-order valence-corrected chi connectivity index (χ1v) is 5.67. The molecule has 4 heteroatoms. The predicted molar refractivity (Wildman–Crippen MR) is 71.9 cm³/mol. The maximum atomic E-state index is 5.65. The Hall–Kier alpha value is -1.13. The number of nitrogens with one attached hydrogen (secondary N) is 1. The molecule has 0 heterocycles. The van der Waals surface area contributed by atoms with Gasteiger partial charge < -0.3 is 15.8 Å². The van der Waals surface area contributed by atoms with Gasteiger partial charge in [0.05, 0.1) is 6.61 Å².